The van der Waals surface area contributed by atoms with Gasteiger partial charge in [-0.05, 0) is 25.6 Å². The van der Waals surface area contributed by atoms with Gasteiger partial charge in [-0.1, -0.05) is 18.2 Å². The average Bonchev–Trinajstić information content (AvgIpc) is 2.54. The van der Waals surface area contributed by atoms with Gasteiger partial charge in [0.25, 0.3) is 5.91 Å². The van der Waals surface area contributed by atoms with Crippen molar-refractivity contribution in [3.63, 3.8) is 0 Å². The lowest BCUT2D eigenvalue weighted by Crippen LogP contribution is -2.41. The molecular formula is C17H20N2O4. The molecular weight excluding hydrogens is 296 g/mol. The van der Waals surface area contributed by atoms with E-state index in [1.807, 2.05) is 13.1 Å². The normalized spacial score (nSPS) is 18.9. The van der Waals surface area contributed by atoms with Crippen LogP contribution in [0.15, 0.2) is 39.5 Å². The van der Waals surface area contributed by atoms with Gasteiger partial charge in [0.15, 0.2) is 0 Å². The SMILES string of the molecule is CN1CCOC(CCNC(=O)c2cc3ccccc3oc2=O)C1. The van der Waals surface area contributed by atoms with Gasteiger partial charge in [-0.25, -0.2) is 4.79 Å². The summed E-state index contributed by atoms with van der Waals surface area (Å²) in [5, 5.41) is 3.50. The van der Waals surface area contributed by atoms with Crippen LogP contribution in [0.1, 0.15) is 16.8 Å². The molecule has 1 aromatic carbocycles. The molecule has 1 aliphatic rings. The second kappa shape index (κ2) is 6.93. The number of benzene rings is 1. The standard InChI is InChI=1S/C17H20N2O4/c1-19-8-9-22-13(11-19)6-7-18-16(20)14-10-12-4-2-3-5-15(12)23-17(14)21/h2-5,10,13H,6-9,11H2,1H3,(H,18,20). The second-order valence-electron chi connectivity index (χ2n) is 5.78. The molecule has 6 nitrogen and oxygen atoms in total. The Kier molecular flexibility index (Phi) is 4.73. The number of carbonyl (C=O) groups is 1. The van der Waals surface area contributed by atoms with Crippen LogP contribution in [-0.2, 0) is 4.74 Å². The molecule has 1 aromatic heterocycles. The van der Waals surface area contributed by atoms with Crippen molar-refractivity contribution >= 4 is 16.9 Å². The molecule has 1 atom stereocenters. The van der Waals surface area contributed by atoms with Gasteiger partial charge in [-0.3, -0.25) is 4.79 Å². The Morgan fingerprint density at radius 2 is 2.22 bits per heavy atom. The monoisotopic (exact) mass is 316 g/mol. The van der Waals surface area contributed by atoms with Crippen molar-refractivity contribution in [3.8, 4) is 0 Å². The van der Waals surface area contributed by atoms with Crippen LogP contribution in [0.4, 0.5) is 0 Å². The first kappa shape index (κ1) is 15.7. The van der Waals surface area contributed by atoms with Gasteiger partial charge in [0.1, 0.15) is 11.1 Å². The molecule has 3 rings (SSSR count). The molecule has 23 heavy (non-hydrogen) atoms. The number of hydrogen-bond donors (Lipinski definition) is 1. The van der Waals surface area contributed by atoms with E-state index in [1.165, 1.54) is 0 Å². The van der Waals surface area contributed by atoms with Gasteiger partial charge in [-0.15, -0.1) is 0 Å². The summed E-state index contributed by atoms with van der Waals surface area (Å²) in [5.41, 5.74) is -0.104. The molecule has 0 spiro atoms. The molecule has 1 amide bonds. The summed E-state index contributed by atoms with van der Waals surface area (Å²) in [6.45, 7) is 2.96. The summed E-state index contributed by atoms with van der Waals surface area (Å²) in [6.07, 6.45) is 0.830. The second-order valence-corrected chi connectivity index (χ2v) is 5.78. The maximum absolute atomic E-state index is 12.2. The third-order valence-corrected chi connectivity index (χ3v) is 3.98. The Balaban J connectivity index is 1.62. The fourth-order valence-electron chi connectivity index (χ4n) is 2.70. The molecule has 2 heterocycles. The summed E-state index contributed by atoms with van der Waals surface area (Å²) >= 11 is 0. The molecule has 2 aromatic rings. The molecule has 0 saturated carbocycles. The number of carbonyl (C=O) groups excluding carboxylic acids is 1. The number of rotatable bonds is 4. The van der Waals surface area contributed by atoms with Crippen LogP contribution in [-0.4, -0.2) is 50.2 Å². The van der Waals surface area contributed by atoms with E-state index in [1.54, 1.807) is 24.3 Å². The van der Waals surface area contributed by atoms with Crippen molar-refractivity contribution in [2.45, 2.75) is 12.5 Å². The largest absolute Gasteiger partial charge is 0.422 e. The minimum absolute atomic E-state index is 0.0328. The van der Waals surface area contributed by atoms with Crippen LogP contribution >= 0.6 is 0 Å². The molecule has 0 aliphatic carbocycles. The van der Waals surface area contributed by atoms with E-state index in [0.29, 0.717) is 18.7 Å². The summed E-state index contributed by atoms with van der Waals surface area (Å²) in [7, 11) is 2.05. The maximum atomic E-state index is 12.2. The van der Waals surface area contributed by atoms with Gasteiger partial charge < -0.3 is 19.4 Å². The summed E-state index contributed by atoms with van der Waals surface area (Å²) in [6, 6.07) is 8.70. The third kappa shape index (κ3) is 3.78. The van der Waals surface area contributed by atoms with E-state index in [-0.39, 0.29) is 11.7 Å². The zero-order valence-electron chi connectivity index (χ0n) is 13.1. The maximum Gasteiger partial charge on any atom is 0.349 e. The fraction of sp³-hybridized carbons (Fsp3) is 0.412. The quantitative estimate of drug-likeness (QED) is 0.859. The summed E-state index contributed by atoms with van der Waals surface area (Å²) in [4.78, 5) is 26.3. The van der Waals surface area contributed by atoms with Crippen molar-refractivity contribution < 1.29 is 13.9 Å². The van der Waals surface area contributed by atoms with Crippen molar-refractivity contribution in [2.75, 3.05) is 33.3 Å². The van der Waals surface area contributed by atoms with E-state index in [4.69, 9.17) is 9.15 Å². The number of para-hydroxylation sites is 1. The van der Waals surface area contributed by atoms with Crippen LogP contribution in [0.5, 0.6) is 0 Å². The smallest absolute Gasteiger partial charge is 0.349 e. The van der Waals surface area contributed by atoms with Crippen LogP contribution < -0.4 is 10.9 Å². The van der Waals surface area contributed by atoms with E-state index in [2.05, 4.69) is 10.2 Å². The highest BCUT2D eigenvalue weighted by atomic mass is 16.5. The molecule has 122 valence electrons. The number of nitrogens with zero attached hydrogens (tertiary/aromatic N) is 1. The van der Waals surface area contributed by atoms with Crippen molar-refractivity contribution in [3.05, 3.63) is 46.3 Å². The summed E-state index contributed by atoms with van der Waals surface area (Å²) < 4.78 is 10.8. The number of hydrogen-bond acceptors (Lipinski definition) is 5. The molecule has 0 bridgehead atoms. The molecule has 1 aliphatic heterocycles. The van der Waals surface area contributed by atoms with E-state index in [0.717, 1.165) is 24.9 Å². The van der Waals surface area contributed by atoms with Gasteiger partial charge in [0, 0.05) is 25.0 Å². The van der Waals surface area contributed by atoms with Gasteiger partial charge in [0.05, 0.1) is 12.7 Å². The van der Waals surface area contributed by atoms with Gasteiger partial charge in [-0.2, -0.15) is 0 Å². The predicted molar refractivity (Wildman–Crippen MR) is 86.7 cm³/mol. The lowest BCUT2D eigenvalue weighted by Gasteiger charge is -2.30. The van der Waals surface area contributed by atoms with Crippen LogP contribution in [0.25, 0.3) is 11.0 Å². The highest BCUT2D eigenvalue weighted by molar-refractivity contribution is 5.96. The number of nitrogens with one attached hydrogen (secondary N) is 1. The number of amides is 1. The minimum Gasteiger partial charge on any atom is -0.422 e. The fourth-order valence-corrected chi connectivity index (χ4v) is 2.70. The number of fused-ring (bicyclic) bond motifs is 1. The Labute approximate surface area is 134 Å². The molecule has 1 unspecified atom stereocenters. The zero-order chi connectivity index (χ0) is 16.2. The lowest BCUT2D eigenvalue weighted by atomic mass is 10.1. The van der Waals surface area contributed by atoms with E-state index < -0.39 is 11.5 Å². The van der Waals surface area contributed by atoms with Gasteiger partial charge >= 0.3 is 5.63 Å². The topological polar surface area (TPSA) is 71.8 Å². The van der Waals surface area contributed by atoms with Crippen LogP contribution in [0.3, 0.4) is 0 Å². The van der Waals surface area contributed by atoms with Crippen LogP contribution in [0.2, 0.25) is 0 Å². The first-order valence-electron chi connectivity index (χ1n) is 7.75. The van der Waals surface area contributed by atoms with E-state index in [9.17, 15) is 9.59 Å². The first-order chi connectivity index (χ1) is 11.1. The highest BCUT2D eigenvalue weighted by Crippen LogP contribution is 2.12. The molecule has 0 radical (unpaired) electrons. The number of morpholine rings is 1. The van der Waals surface area contributed by atoms with Crippen molar-refractivity contribution in [1.29, 1.82) is 0 Å². The molecule has 1 fully saturated rings. The minimum atomic E-state index is -0.616. The Hall–Kier alpha value is -2.18. The summed E-state index contributed by atoms with van der Waals surface area (Å²) in [5.74, 6) is -0.409. The highest BCUT2D eigenvalue weighted by Gasteiger charge is 2.18. The van der Waals surface area contributed by atoms with E-state index >= 15 is 0 Å². The first-order valence-corrected chi connectivity index (χ1v) is 7.75. The Bertz CT molecular complexity index is 756. The molecule has 6 heteroatoms. The van der Waals surface area contributed by atoms with Crippen molar-refractivity contribution in [1.82, 2.24) is 10.2 Å². The Morgan fingerprint density at radius 3 is 3.04 bits per heavy atom. The third-order valence-electron chi connectivity index (χ3n) is 3.98. The van der Waals surface area contributed by atoms with Crippen LogP contribution in [0, 0.1) is 0 Å². The number of ether oxygens (including phenoxy) is 1. The predicted octanol–water partition coefficient (Wildman–Crippen LogP) is 1.24. The lowest BCUT2D eigenvalue weighted by molar-refractivity contribution is -0.0226. The molecule has 1 N–H and O–H groups in total. The van der Waals surface area contributed by atoms with Gasteiger partial charge in [0.2, 0.25) is 0 Å². The molecule has 1 saturated heterocycles. The number of likely N-dealkylation sites (N-methyl/N-ethyl adjacent to an activating group) is 1. The Morgan fingerprint density at radius 1 is 1.39 bits per heavy atom. The zero-order valence-corrected chi connectivity index (χ0v) is 13.1. The van der Waals surface area contributed by atoms with Crippen molar-refractivity contribution in [2.24, 2.45) is 0 Å². The average molecular weight is 316 g/mol.